The minimum absolute atomic E-state index is 0.0524. The minimum atomic E-state index is -0.311. The van der Waals surface area contributed by atoms with E-state index < -0.39 is 0 Å². The lowest BCUT2D eigenvalue weighted by Crippen LogP contribution is -2.44. The topological polar surface area (TPSA) is 75.6 Å². The molecule has 0 aliphatic heterocycles. The molecule has 5 heteroatoms. The Morgan fingerprint density at radius 2 is 1.93 bits per heavy atom. The third-order valence-electron chi connectivity index (χ3n) is 5.47. The Labute approximate surface area is 159 Å². The van der Waals surface area contributed by atoms with Crippen LogP contribution < -0.4 is 5.32 Å². The molecule has 1 aromatic rings. The summed E-state index contributed by atoms with van der Waals surface area (Å²) in [5.41, 5.74) is 1.16. The zero-order chi connectivity index (χ0) is 19.3. The molecule has 0 aromatic heterocycles. The smallest absolute Gasteiger partial charge is 0.251 e. The molecule has 0 heterocycles. The van der Waals surface area contributed by atoms with Crippen LogP contribution in [0, 0.1) is 0 Å². The van der Waals surface area contributed by atoms with Crippen LogP contribution in [0.15, 0.2) is 65.7 Å². The number of Topliss-reactive ketones (excluding diaryl/α,β-unsaturated/α-hetero) is 1. The molecule has 2 N–H and O–H groups in total. The first-order valence-electron chi connectivity index (χ1n) is 9.23. The number of amides is 1. The summed E-state index contributed by atoms with van der Waals surface area (Å²) < 4.78 is 5.24. The second-order valence-corrected chi connectivity index (χ2v) is 7.10. The Morgan fingerprint density at radius 3 is 2.59 bits per heavy atom. The van der Waals surface area contributed by atoms with Gasteiger partial charge in [0.15, 0.2) is 0 Å². The molecule has 5 nitrogen and oxygen atoms in total. The lowest BCUT2D eigenvalue weighted by atomic mass is 9.69. The van der Waals surface area contributed by atoms with E-state index in [1.165, 1.54) is 6.08 Å². The Kier molecular flexibility index (Phi) is 5.79. The lowest BCUT2D eigenvalue weighted by molar-refractivity contribution is -0.121. The maximum absolute atomic E-state index is 12.8. The molecule has 2 aliphatic rings. The number of rotatable bonds is 5. The highest BCUT2D eigenvalue weighted by atomic mass is 16.5. The molecule has 0 radical (unpaired) electrons. The highest BCUT2D eigenvalue weighted by molar-refractivity contribution is 5.95. The molecule has 0 atom stereocenters. The van der Waals surface area contributed by atoms with E-state index in [0.717, 1.165) is 5.56 Å². The molecule has 1 amide bonds. The summed E-state index contributed by atoms with van der Waals surface area (Å²) in [6, 6.07) is 10.0. The molecule has 2 aliphatic carbocycles. The average Bonchev–Trinajstić information content (AvgIpc) is 2.89. The van der Waals surface area contributed by atoms with Crippen LogP contribution in [0.2, 0.25) is 0 Å². The van der Waals surface area contributed by atoms with Crippen molar-refractivity contribution in [3.05, 3.63) is 71.2 Å². The first-order valence-corrected chi connectivity index (χ1v) is 9.23. The maximum Gasteiger partial charge on any atom is 0.251 e. The molecule has 0 unspecified atom stereocenters. The zero-order valence-corrected chi connectivity index (χ0v) is 15.5. The average molecular weight is 367 g/mol. The van der Waals surface area contributed by atoms with E-state index in [1.807, 2.05) is 18.2 Å². The van der Waals surface area contributed by atoms with Crippen LogP contribution in [0.3, 0.4) is 0 Å². The summed E-state index contributed by atoms with van der Waals surface area (Å²) >= 11 is 0. The Balaban J connectivity index is 1.78. The van der Waals surface area contributed by atoms with Gasteiger partial charge in [-0.3, -0.25) is 9.59 Å². The number of ether oxygens (including phenoxy) is 1. The number of nitrogens with one attached hydrogen (secondary N) is 1. The van der Waals surface area contributed by atoms with Crippen molar-refractivity contribution in [3.63, 3.8) is 0 Å². The summed E-state index contributed by atoms with van der Waals surface area (Å²) in [6.45, 7) is 0.426. The lowest BCUT2D eigenvalue weighted by Gasteiger charge is -2.37. The van der Waals surface area contributed by atoms with Gasteiger partial charge in [0.2, 0.25) is 0 Å². The third kappa shape index (κ3) is 4.30. The van der Waals surface area contributed by atoms with E-state index in [0.29, 0.717) is 38.0 Å². The predicted octanol–water partition coefficient (Wildman–Crippen LogP) is 3.49. The van der Waals surface area contributed by atoms with Crippen molar-refractivity contribution in [2.75, 3.05) is 13.7 Å². The highest BCUT2D eigenvalue weighted by Gasteiger charge is 2.37. The molecule has 0 saturated heterocycles. The van der Waals surface area contributed by atoms with Crippen molar-refractivity contribution in [2.45, 2.75) is 37.5 Å². The van der Waals surface area contributed by atoms with Crippen molar-refractivity contribution < 1.29 is 19.4 Å². The van der Waals surface area contributed by atoms with Crippen molar-refractivity contribution >= 4 is 11.7 Å². The quantitative estimate of drug-likeness (QED) is 0.835. The van der Waals surface area contributed by atoms with Gasteiger partial charge in [-0.1, -0.05) is 36.4 Å². The molecule has 142 valence electrons. The Hall–Kier alpha value is -2.82. The third-order valence-corrected chi connectivity index (χ3v) is 5.47. The summed E-state index contributed by atoms with van der Waals surface area (Å²) in [5.74, 6) is 0.524. The number of hydrogen-bond acceptors (Lipinski definition) is 4. The SMILES string of the molecule is COC1=CC=CC(O)=C(C(=O)NCC2(c3ccccc3)CCC(=O)CC2)C1. The van der Waals surface area contributed by atoms with E-state index in [-0.39, 0.29) is 34.9 Å². The van der Waals surface area contributed by atoms with E-state index >= 15 is 0 Å². The van der Waals surface area contributed by atoms with Gasteiger partial charge in [0.1, 0.15) is 17.3 Å². The Morgan fingerprint density at radius 1 is 1.22 bits per heavy atom. The second-order valence-electron chi connectivity index (χ2n) is 7.10. The minimum Gasteiger partial charge on any atom is -0.507 e. The van der Waals surface area contributed by atoms with Crippen LogP contribution >= 0.6 is 0 Å². The van der Waals surface area contributed by atoms with E-state index in [4.69, 9.17) is 4.74 Å². The molecule has 27 heavy (non-hydrogen) atoms. The van der Waals surface area contributed by atoms with E-state index in [1.54, 1.807) is 19.3 Å². The first-order chi connectivity index (χ1) is 13.0. The zero-order valence-electron chi connectivity index (χ0n) is 15.5. The standard InChI is InChI=1S/C22H25NO4/c1-27-18-8-5-9-20(25)19(14-18)21(26)23-15-22(12-10-17(24)11-13-22)16-6-3-2-4-7-16/h2-9,25H,10-15H2,1H3,(H,23,26). The number of hydrogen-bond donors (Lipinski definition) is 2. The van der Waals surface area contributed by atoms with Gasteiger partial charge in [-0.15, -0.1) is 0 Å². The van der Waals surface area contributed by atoms with Gasteiger partial charge in [-0.2, -0.15) is 0 Å². The number of methoxy groups -OCH3 is 1. The molecular weight excluding hydrogens is 342 g/mol. The number of carbonyl (C=O) groups is 2. The normalized spacial score (nSPS) is 19.3. The van der Waals surface area contributed by atoms with E-state index in [9.17, 15) is 14.7 Å². The molecule has 0 spiro atoms. The fourth-order valence-electron chi connectivity index (χ4n) is 3.73. The van der Waals surface area contributed by atoms with Gasteiger partial charge in [0.05, 0.1) is 12.7 Å². The van der Waals surface area contributed by atoms with Crippen LogP contribution in [-0.4, -0.2) is 30.5 Å². The van der Waals surface area contributed by atoms with Crippen LogP contribution in [0.5, 0.6) is 0 Å². The van der Waals surface area contributed by atoms with Gasteiger partial charge >= 0.3 is 0 Å². The van der Waals surface area contributed by atoms with Gasteiger partial charge in [-0.05, 0) is 30.6 Å². The van der Waals surface area contributed by atoms with E-state index in [2.05, 4.69) is 17.4 Å². The maximum atomic E-state index is 12.8. The first kappa shape index (κ1) is 19.0. The largest absolute Gasteiger partial charge is 0.507 e. The van der Waals surface area contributed by atoms with Crippen molar-refractivity contribution in [1.82, 2.24) is 5.32 Å². The number of carbonyl (C=O) groups excluding carboxylic acids is 2. The molecule has 1 aromatic carbocycles. The number of benzene rings is 1. The summed E-state index contributed by atoms with van der Waals surface area (Å²) in [4.78, 5) is 24.6. The van der Waals surface area contributed by atoms with Crippen LogP contribution in [-0.2, 0) is 19.7 Å². The van der Waals surface area contributed by atoms with Crippen LogP contribution in [0.25, 0.3) is 0 Å². The highest BCUT2D eigenvalue weighted by Crippen LogP contribution is 2.38. The summed E-state index contributed by atoms with van der Waals surface area (Å²) in [6.07, 6.45) is 7.59. The van der Waals surface area contributed by atoms with Gasteiger partial charge in [0.25, 0.3) is 5.91 Å². The van der Waals surface area contributed by atoms with Gasteiger partial charge in [0, 0.05) is 31.2 Å². The molecule has 0 bridgehead atoms. The van der Waals surface area contributed by atoms with Gasteiger partial charge in [-0.25, -0.2) is 0 Å². The predicted molar refractivity (Wildman–Crippen MR) is 103 cm³/mol. The number of aliphatic hydroxyl groups excluding tert-OH is 1. The monoisotopic (exact) mass is 367 g/mol. The fourth-order valence-corrected chi connectivity index (χ4v) is 3.73. The second kappa shape index (κ2) is 8.25. The van der Waals surface area contributed by atoms with Crippen LogP contribution in [0.4, 0.5) is 0 Å². The van der Waals surface area contributed by atoms with Crippen molar-refractivity contribution in [3.8, 4) is 0 Å². The molecular formula is C22H25NO4. The summed E-state index contributed by atoms with van der Waals surface area (Å²) in [7, 11) is 1.54. The number of aliphatic hydroxyl groups is 1. The molecule has 1 saturated carbocycles. The van der Waals surface area contributed by atoms with Crippen molar-refractivity contribution in [1.29, 1.82) is 0 Å². The molecule has 1 fully saturated rings. The molecule has 3 rings (SSSR count). The number of ketones is 1. The van der Waals surface area contributed by atoms with Crippen molar-refractivity contribution in [2.24, 2.45) is 0 Å². The van der Waals surface area contributed by atoms with Gasteiger partial charge < -0.3 is 15.2 Å². The number of allylic oxidation sites excluding steroid dienone is 4. The summed E-state index contributed by atoms with van der Waals surface area (Å²) in [5, 5.41) is 13.2. The fraction of sp³-hybridized carbons (Fsp3) is 0.364. The Bertz CT molecular complexity index is 795. The van der Waals surface area contributed by atoms with Crippen LogP contribution in [0.1, 0.15) is 37.7 Å².